The molecule has 0 saturated carbocycles. The van der Waals surface area contributed by atoms with Crippen LogP contribution in [0.15, 0.2) is 84.9 Å². The maximum absolute atomic E-state index is 14.3. The van der Waals surface area contributed by atoms with Gasteiger partial charge in [-0.3, -0.25) is 0 Å². The van der Waals surface area contributed by atoms with Gasteiger partial charge >= 0.3 is 5.97 Å². The first-order chi connectivity index (χ1) is 12.1. The quantitative estimate of drug-likeness (QED) is 0.693. The molecule has 5 heteroatoms. The van der Waals surface area contributed by atoms with Gasteiger partial charge in [-0.25, -0.2) is 4.79 Å². The average Bonchev–Trinajstić information content (AvgIpc) is 2.67. The SMILES string of the molecule is O=C(O)COc1ccccc1P(=O)(c1ccccc1)c1ccccc1. The van der Waals surface area contributed by atoms with Crippen LogP contribution in [0.1, 0.15) is 0 Å². The molecule has 0 unspecified atom stereocenters. The number of carbonyl (C=O) groups is 1. The molecule has 25 heavy (non-hydrogen) atoms. The average molecular weight is 352 g/mol. The lowest BCUT2D eigenvalue weighted by Gasteiger charge is -2.22. The highest BCUT2D eigenvalue weighted by Crippen LogP contribution is 2.44. The number of carboxylic acid groups (broad SMARTS) is 1. The van der Waals surface area contributed by atoms with Crippen LogP contribution >= 0.6 is 7.14 Å². The third-order valence-electron chi connectivity index (χ3n) is 3.80. The molecule has 0 amide bonds. The Bertz CT molecular complexity index is 864. The summed E-state index contributed by atoms with van der Waals surface area (Å²) in [6.45, 7) is -0.486. The van der Waals surface area contributed by atoms with Crippen LogP contribution in [0.4, 0.5) is 0 Å². The summed E-state index contributed by atoms with van der Waals surface area (Å²) < 4.78 is 19.7. The summed E-state index contributed by atoms with van der Waals surface area (Å²) >= 11 is 0. The van der Waals surface area contributed by atoms with E-state index in [0.29, 0.717) is 21.7 Å². The van der Waals surface area contributed by atoms with Crippen molar-refractivity contribution >= 4 is 29.0 Å². The minimum Gasteiger partial charge on any atom is -0.481 e. The molecular formula is C20H17O4P. The first-order valence-corrected chi connectivity index (χ1v) is 9.48. The zero-order valence-electron chi connectivity index (χ0n) is 13.4. The number of para-hydroxylation sites is 1. The van der Waals surface area contributed by atoms with Gasteiger partial charge in [-0.1, -0.05) is 72.8 Å². The molecule has 3 aromatic rings. The Hall–Kier alpha value is -2.84. The van der Waals surface area contributed by atoms with Crippen molar-refractivity contribution in [3.63, 3.8) is 0 Å². The maximum atomic E-state index is 14.3. The van der Waals surface area contributed by atoms with Gasteiger partial charge in [0.05, 0.1) is 5.30 Å². The second kappa shape index (κ2) is 7.37. The van der Waals surface area contributed by atoms with E-state index >= 15 is 0 Å². The molecule has 126 valence electrons. The molecule has 0 fully saturated rings. The molecule has 0 aliphatic heterocycles. The highest BCUT2D eigenvalue weighted by atomic mass is 31.2. The van der Waals surface area contributed by atoms with Crippen LogP contribution in [-0.2, 0) is 9.36 Å². The highest BCUT2D eigenvalue weighted by Gasteiger charge is 2.32. The minimum absolute atomic E-state index is 0.320. The lowest BCUT2D eigenvalue weighted by molar-refractivity contribution is -0.139. The second-order valence-electron chi connectivity index (χ2n) is 5.43. The predicted octanol–water partition coefficient (Wildman–Crippen LogP) is 2.79. The van der Waals surface area contributed by atoms with Gasteiger partial charge in [-0.05, 0) is 12.1 Å². The molecule has 0 aromatic heterocycles. The zero-order valence-corrected chi connectivity index (χ0v) is 14.3. The first kappa shape index (κ1) is 17.0. The van der Waals surface area contributed by atoms with Crippen LogP contribution in [-0.4, -0.2) is 17.7 Å². The lowest BCUT2D eigenvalue weighted by Crippen LogP contribution is -2.27. The number of benzene rings is 3. The van der Waals surface area contributed by atoms with Crippen LogP contribution < -0.4 is 20.7 Å². The van der Waals surface area contributed by atoms with Gasteiger partial charge < -0.3 is 14.4 Å². The molecule has 0 saturated heterocycles. The van der Waals surface area contributed by atoms with Gasteiger partial charge in [-0.2, -0.15) is 0 Å². The van der Waals surface area contributed by atoms with Gasteiger partial charge in [0.1, 0.15) is 5.75 Å². The molecule has 3 aromatic carbocycles. The van der Waals surface area contributed by atoms with E-state index in [2.05, 4.69) is 0 Å². The van der Waals surface area contributed by atoms with Crippen LogP contribution in [0.2, 0.25) is 0 Å². The van der Waals surface area contributed by atoms with Crippen molar-refractivity contribution in [2.75, 3.05) is 6.61 Å². The molecule has 0 heterocycles. The molecule has 0 radical (unpaired) electrons. The van der Waals surface area contributed by atoms with Crippen molar-refractivity contribution in [1.82, 2.24) is 0 Å². The van der Waals surface area contributed by atoms with E-state index in [9.17, 15) is 9.36 Å². The Labute approximate surface area is 146 Å². The largest absolute Gasteiger partial charge is 0.481 e. The summed E-state index contributed by atoms with van der Waals surface area (Å²) in [6, 6.07) is 25.3. The molecule has 0 aliphatic rings. The minimum atomic E-state index is -3.19. The Morgan fingerprint density at radius 2 is 1.28 bits per heavy atom. The van der Waals surface area contributed by atoms with Crippen molar-refractivity contribution in [3.05, 3.63) is 84.9 Å². The second-order valence-corrected chi connectivity index (χ2v) is 8.16. The summed E-state index contributed by atoms with van der Waals surface area (Å²) in [5.74, 6) is -0.759. The van der Waals surface area contributed by atoms with E-state index in [-0.39, 0.29) is 0 Å². The predicted molar refractivity (Wildman–Crippen MR) is 99.0 cm³/mol. The monoisotopic (exact) mass is 352 g/mol. The van der Waals surface area contributed by atoms with Gasteiger partial charge in [0.15, 0.2) is 13.7 Å². The fourth-order valence-electron chi connectivity index (χ4n) is 2.68. The first-order valence-electron chi connectivity index (χ1n) is 7.78. The van der Waals surface area contributed by atoms with Gasteiger partial charge in [0.2, 0.25) is 0 Å². The Kier molecular flexibility index (Phi) is 5.01. The van der Waals surface area contributed by atoms with Crippen LogP contribution in [0.25, 0.3) is 0 Å². The van der Waals surface area contributed by atoms with Crippen molar-refractivity contribution < 1.29 is 19.2 Å². The summed E-state index contributed by atoms with van der Waals surface area (Å²) in [6.07, 6.45) is 0. The fraction of sp³-hybridized carbons (Fsp3) is 0.0500. The normalized spacial score (nSPS) is 11.0. The molecule has 0 bridgehead atoms. The molecule has 3 rings (SSSR count). The summed E-state index contributed by atoms with van der Waals surface area (Å²) in [5.41, 5.74) is 0. The van der Waals surface area contributed by atoms with Crippen LogP contribution in [0, 0.1) is 0 Å². The fourth-order valence-corrected chi connectivity index (χ4v) is 5.47. The van der Waals surface area contributed by atoms with E-state index in [4.69, 9.17) is 9.84 Å². The maximum Gasteiger partial charge on any atom is 0.341 e. The van der Waals surface area contributed by atoms with Crippen molar-refractivity contribution in [2.24, 2.45) is 0 Å². The number of hydrogen-bond acceptors (Lipinski definition) is 3. The Morgan fingerprint density at radius 1 is 0.800 bits per heavy atom. The van der Waals surface area contributed by atoms with E-state index in [1.54, 1.807) is 24.3 Å². The third kappa shape index (κ3) is 3.49. The Morgan fingerprint density at radius 3 is 1.80 bits per heavy atom. The topological polar surface area (TPSA) is 63.6 Å². The van der Waals surface area contributed by atoms with E-state index in [1.165, 1.54) is 0 Å². The molecule has 0 atom stereocenters. The molecule has 1 N–H and O–H groups in total. The summed E-state index contributed by atoms with van der Waals surface area (Å²) in [7, 11) is -3.19. The van der Waals surface area contributed by atoms with Crippen molar-refractivity contribution in [3.8, 4) is 5.75 Å². The van der Waals surface area contributed by atoms with Gasteiger partial charge in [-0.15, -0.1) is 0 Å². The number of hydrogen-bond donors (Lipinski definition) is 1. The van der Waals surface area contributed by atoms with E-state index < -0.39 is 19.7 Å². The number of carboxylic acids is 1. The number of ether oxygens (including phenoxy) is 1. The van der Waals surface area contributed by atoms with Crippen LogP contribution in [0.5, 0.6) is 5.75 Å². The van der Waals surface area contributed by atoms with E-state index in [1.807, 2.05) is 60.7 Å². The van der Waals surface area contributed by atoms with Crippen LogP contribution in [0.3, 0.4) is 0 Å². The molecular weight excluding hydrogens is 335 g/mol. The molecule has 0 spiro atoms. The van der Waals surface area contributed by atoms with Crippen molar-refractivity contribution in [1.29, 1.82) is 0 Å². The zero-order chi connectivity index (χ0) is 17.7. The number of rotatable bonds is 6. The standard InChI is InChI=1S/C20H17O4P/c21-20(22)15-24-18-13-7-8-14-19(18)25(23,16-9-3-1-4-10-16)17-11-5-2-6-12-17/h1-14H,15H2,(H,21,22). The third-order valence-corrected chi connectivity index (χ3v) is 6.89. The lowest BCUT2D eigenvalue weighted by atomic mass is 10.3. The molecule has 0 aliphatic carbocycles. The number of aliphatic carboxylic acids is 1. The van der Waals surface area contributed by atoms with Gasteiger partial charge in [0.25, 0.3) is 0 Å². The van der Waals surface area contributed by atoms with E-state index in [0.717, 1.165) is 0 Å². The summed E-state index contributed by atoms with van der Waals surface area (Å²) in [4.78, 5) is 10.9. The smallest absolute Gasteiger partial charge is 0.341 e. The van der Waals surface area contributed by atoms with Crippen molar-refractivity contribution in [2.45, 2.75) is 0 Å². The Balaban J connectivity index is 2.21. The highest BCUT2D eigenvalue weighted by molar-refractivity contribution is 7.85. The summed E-state index contributed by atoms with van der Waals surface area (Å²) in [5, 5.41) is 10.7. The molecule has 4 nitrogen and oxygen atoms in total. The van der Waals surface area contributed by atoms with Gasteiger partial charge in [0, 0.05) is 10.6 Å².